The molecule has 0 heterocycles. The molecule has 1 aromatic rings. The fourth-order valence-corrected chi connectivity index (χ4v) is 1.93. The molecule has 0 saturated heterocycles. The van der Waals surface area contributed by atoms with Crippen LogP contribution in [0, 0.1) is 11.8 Å². The first-order valence-electron chi connectivity index (χ1n) is 5.66. The van der Waals surface area contributed by atoms with E-state index in [2.05, 4.69) is 64.3 Å². The van der Waals surface area contributed by atoms with Crippen LogP contribution in [-0.4, -0.2) is 6.54 Å². The fourth-order valence-electron chi connectivity index (χ4n) is 1.67. The van der Waals surface area contributed by atoms with Crippen molar-refractivity contribution in [1.29, 1.82) is 0 Å². The van der Waals surface area contributed by atoms with E-state index in [9.17, 15) is 0 Å². The molecule has 1 N–H and O–H groups in total. The van der Waals surface area contributed by atoms with Gasteiger partial charge in [-0.25, -0.2) is 0 Å². The molecule has 0 fully saturated rings. The zero-order valence-corrected chi connectivity index (χ0v) is 11.5. The maximum atomic E-state index is 3.49. The molecule has 1 atom stereocenters. The lowest BCUT2D eigenvalue weighted by Crippen LogP contribution is -2.20. The van der Waals surface area contributed by atoms with Gasteiger partial charge in [0.1, 0.15) is 0 Å². The number of hydrogen-bond donors (Lipinski definition) is 1. The Labute approximate surface area is 107 Å². The molecule has 0 aliphatic heterocycles. The summed E-state index contributed by atoms with van der Waals surface area (Å²) in [6.45, 7) is 5.01. The van der Waals surface area contributed by atoms with Crippen LogP contribution >= 0.6 is 15.9 Å². The van der Waals surface area contributed by atoms with Gasteiger partial charge in [-0.05, 0) is 37.6 Å². The molecule has 0 aliphatic carbocycles. The average Bonchev–Trinajstić information content (AvgIpc) is 2.29. The summed E-state index contributed by atoms with van der Waals surface area (Å²) in [6.07, 6.45) is 2.01. The van der Waals surface area contributed by atoms with Gasteiger partial charge in [-0.1, -0.05) is 35.0 Å². The highest BCUT2D eigenvalue weighted by Gasteiger charge is 2.08. The Kier molecular flexibility index (Phi) is 6.22. The van der Waals surface area contributed by atoms with Crippen LogP contribution < -0.4 is 5.32 Å². The molecule has 0 amide bonds. The number of nitrogens with one attached hydrogen (secondary N) is 1. The van der Waals surface area contributed by atoms with Gasteiger partial charge in [-0.2, -0.15) is 0 Å². The van der Waals surface area contributed by atoms with Gasteiger partial charge in [0.25, 0.3) is 0 Å². The summed E-state index contributed by atoms with van der Waals surface area (Å²) in [5, 5.41) is 3.49. The first-order chi connectivity index (χ1) is 7.77. The molecular formula is C14H18BrN. The summed E-state index contributed by atoms with van der Waals surface area (Å²) < 4.78 is 1.12. The third kappa shape index (κ3) is 4.38. The molecule has 86 valence electrons. The fraction of sp³-hybridized carbons (Fsp3) is 0.429. The molecule has 1 nitrogen and oxygen atoms in total. The number of rotatable bonds is 5. The first kappa shape index (κ1) is 13.3. The van der Waals surface area contributed by atoms with Crippen molar-refractivity contribution < 1.29 is 0 Å². The van der Waals surface area contributed by atoms with E-state index in [1.807, 2.05) is 6.92 Å². The maximum absolute atomic E-state index is 3.49. The molecule has 16 heavy (non-hydrogen) atoms. The van der Waals surface area contributed by atoms with Crippen molar-refractivity contribution in [3.8, 4) is 11.8 Å². The van der Waals surface area contributed by atoms with Crippen molar-refractivity contribution in [3.05, 3.63) is 34.3 Å². The smallest absolute Gasteiger partial charge is 0.0329 e. The van der Waals surface area contributed by atoms with Crippen LogP contribution in [0.3, 0.4) is 0 Å². The lowest BCUT2D eigenvalue weighted by atomic mass is 10.0. The molecule has 1 unspecified atom stereocenters. The van der Waals surface area contributed by atoms with Gasteiger partial charge in [-0.3, -0.25) is 0 Å². The number of benzene rings is 1. The van der Waals surface area contributed by atoms with Crippen LogP contribution in [-0.2, 0) is 0 Å². The molecule has 1 aromatic carbocycles. The summed E-state index contributed by atoms with van der Waals surface area (Å²) in [4.78, 5) is 0. The Balaban J connectivity index is 2.67. The second-order valence-electron chi connectivity index (χ2n) is 3.63. The summed E-state index contributed by atoms with van der Waals surface area (Å²) in [5.41, 5.74) is 1.34. The second kappa shape index (κ2) is 7.49. The highest BCUT2D eigenvalue weighted by atomic mass is 79.9. The van der Waals surface area contributed by atoms with Crippen molar-refractivity contribution in [2.24, 2.45) is 0 Å². The predicted molar refractivity (Wildman–Crippen MR) is 73.2 cm³/mol. The molecule has 2 heteroatoms. The second-order valence-corrected chi connectivity index (χ2v) is 4.54. The molecule has 0 radical (unpaired) electrons. The van der Waals surface area contributed by atoms with Crippen molar-refractivity contribution in [3.63, 3.8) is 0 Å². The lowest BCUT2D eigenvalue weighted by molar-refractivity contribution is 0.522. The molecule has 0 aromatic heterocycles. The maximum Gasteiger partial charge on any atom is 0.0329 e. The third-order valence-electron chi connectivity index (χ3n) is 2.46. The van der Waals surface area contributed by atoms with E-state index >= 15 is 0 Å². The van der Waals surface area contributed by atoms with E-state index in [4.69, 9.17) is 0 Å². The summed E-state index contributed by atoms with van der Waals surface area (Å²) in [6, 6.07) is 8.92. The largest absolute Gasteiger partial charge is 0.310 e. The standard InChI is InChI=1S/C14H18BrN/c1-3-5-6-7-14(16-4-2)12-8-10-13(15)11-9-12/h8-11,14,16H,4,6-7H2,1-2H3. The Hall–Kier alpha value is -0.780. The van der Waals surface area contributed by atoms with E-state index in [-0.39, 0.29) is 0 Å². The van der Waals surface area contributed by atoms with E-state index in [1.54, 1.807) is 0 Å². The van der Waals surface area contributed by atoms with Gasteiger partial charge in [0.15, 0.2) is 0 Å². The van der Waals surface area contributed by atoms with Gasteiger partial charge < -0.3 is 5.32 Å². The van der Waals surface area contributed by atoms with Crippen molar-refractivity contribution in [2.75, 3.05) is 6.54 Å². The quantitative estimate of drug-likeness (QED) is 0.806. The Morgan fingerprint density at radius 3 is 2.56 bits per heavy atom. The monoisotopic (exact) mass is 279 g/mol. The van der Waals surface area contributed by atoms with E-state index in [0.717, 1.165) is 23.9 Å². The molecule has 0 saturated carbocycles. The van der Waals surface area contributed by atoms with Gasteiger partial charge in [0, 0.05) is 16.9 Å². The average molecular weight is 280 g/mol. The number of halogens is 1. The normalized spacial score (nSPS) is 11.7. The SMILES string of the molecule is CC#CCCC(NCC)c1ccc(Br)cc1. The lowest BCUT2D eigenvalue weighted by Gasteiger charge is -2.17. The topological polar surface area (TPSA) is 12.0 Å². The van der Waals surface area contributed by atoms with Gasteiger partial charge in [-0.15, -0.1) is 11.8 Å². The van der Waals surface area contributed by atoms with Crippen molar-refractivity contribution in [1.82, 2.24) is 5.32 Å². The summed E-state index contributed by atoms with van der Waals surface area (Å²) in [7, 11) is 0. The highest BCUT2D eigenvalue weighted by molar-refractivity contribution is 9.10. The molecule has 1 rings (SSSR count). The Bertz CT molecular complexity index is 359. The van der Waals surface area contributed by atoms with Crippen LogP contribution in [0.2, 0.25) is 0 Å². The molecule has 0 aliphatic rings. The number of hydrogen-bond acceptors (Lipinski definition) is 1. The van der Waals surface area contributed by atoms with Crippen LogP contribution in [0.4, 0.5) is 0 Å². The van der Waals surface area contributed by atoms with Crippen molar-refractivity contribution in [2.45, 2.75) is 32.7 Å². The van der Waals surface area contributed by atoms with Crippen LogP contribution in [0.5, 0.6) is 0 Å². The Morgan fingerprint density at radius 1 is 1.31 bits per heavy atom. The van der Waals surface area contributed by atoms with Crippen LogP contribution in [0.25, 0.3) is 0 Å². The highest BCUT2D eigenvalue weighted by Crippen LogP contribution is 2.20. The minimum atomic E-state index is 0.416. The van der Waals surface area contributed by atoms with Crippen molar-refractivity contribution >= 4 is 15.9 Å². The zero-order chi connectivity index (χ0) is 11.8. The van der Waals surface area contributed by atoms with E-state index in [0.29, 0.717) is 6.04 Å². The Morgan fingerprint density at radius 2 is 2.00 bits per heavy atom. The zero-order valence-electron chi connectivity index (χ0n) is 9.89. The molecule has 0 spiro atoms. The summed E-state index contributed by atoms with van der Waals surface area (Å²) in [5.74, 6) is 6.06. The van der Waals surface area contributed by atoms with E-state index in [1.165, 1.54) is 5.56 Å². The summed E-state index contributed by atoms with van der Waals surface area (Å²) >= 11 is 3.45. The van der Waals surface area contributed by atoms with Crippen LogP contribution in [0.1, 0.15) is 38.3 Å². The predicted octanol–water partition coefficient (Wildman–Crippen LogP) is 3.90. The third-order valence-corrected chi connectivity index (χ3v) is 2.99. The molecule has 0 bridgehead atoms. The van der Waals surface area contributed by atoms with Gasteiger partial charge in [0.2, 0.25) is 0 Å². The van der Waals surface area contributed by atoms with Gasteiger partial charge in [0.05, 0.1) is 0 Å². The molecular weight excluding hydrogens is 262 g/mol. The minimum absolute atomic E-state index is 0.416. The van der Waals surface area contributed by atoms with Crippen LogP contribution in [0.15, 0.2) is 28.7 Å². The first-order valence-corrected chi connectivity index (χ1v) is 6.45. The van der Waals surface area contributed by atoms with Gasteiger partial charge >= 0.3 is 0 Å². The van der Waals surface area contributed by atoms with E-state index < -0.39 is 0 Å². The minimum Gasteiger partial charge on any atom is -0.310 e.